The van der Waals surface area contributed by atoms with Gasteiger partial charge in [-0.15, -0.1) is 0 Å². The van der Waals surface area contributed by atoms with Crippen molar-refractivity contribution in [2.45, 2.75) is 46.0 Å². The van der Waals surface area contributed by atoms with Crippen LogP contribution in [-0.2, 0) is 17.6 Å². The van der Waals surface area contributed by atoms with Crippen LogP contribution in [-0.4, -0.2) is 11.1 Å². The molecule has 0 amide bonds. The van der Waals surface area contributed by atoms with E-state index in [0.29, 0.717) is 0 Å². The molecule has 0 aliphatic carbocycles. The Kier molecular flexibility index (Phi) is 5.75. The van der Waals surface area contributed by atoms with Gasteiger partial charge in [-0.25, -0.2) is 0 Å². The molecule has 0 aliphatic heterocycles. The van der Waals surface area contributed by atoms with Crippen molar-refractivity contribution in [3.05, 3.63) is 35.4 Å². The van der Waals surface area contributed by atoms with Crippen LogP contribution in [0, 0.1) is 5.92 Å². The molecule has 2 heteroatoms. The molecular weight excluding hydrogens is 212 g/mol. The molecule has 1 aromatic rings. The highest BCUT2D eigenvalue weighted by molar-refractivity contribution is 5.67. The van der Waals surface area contributed by atoms with E-state index in [2.05, 4.69) is 31.2 Å². The van der Waals surface area contributed by atoms with E-state index in [0.717, 1.165) is 12.8 Å². The lowest BCUT2D eigenvalue weighted by molar-refractivity contribution is -0.137. The summed E-state index contributed by atoms with van der Waals surface area (Å²) in [5, 5.41) is 8.70. The molecule has 0 heterocycles. The minimum Gasteiger partial charge on any atom is -0.481 e. The lowest BCUT2D eigenvalue weighted by atomic mass is 9.97. The third kappa shape index (κ3) is 5.53. The van der Waals surface area contributed by atoms with Gasteiger partial charge in [-0.3, -0.25) is 4.79 Å². The van der Waals surface area contributed by atoms with Crippen molar-refractivity contribution < 1.29 is 9.90 Å². The van der Waals surface area contributed by atoms with Crippen LogP contribution < -0.4 is 0 Å². The summed E-state index contributed by atoms with van der Waals surface area (Å²) in [4.78, 5) is 10.6. The minimum absolute atomic E-state index is 0.203. The van der Waals surface area contributed by atoms with Crippen LogP contribution in [0.1, 0.15) is 44.2 Å². The first-order chi connectivity index (χ1) is 8.11. The van der Waals surface area contributed by atoms with E-state index in [4.69, 9.17) is 5.11 Å². The van der Waals surface area contributed by atoms with Crippen molar-refractivity contribution in [3.8, 4) is 0 Å². The van der Waals surface area contributed by atoms with E-state index in [1.54, 1.807) is 0 Å². The van der Waals surface area contributed by atoms with Gasteiger partial charge in [0.1, 0.15) is 0 Å². The number of benzene rings is 1. The van der Waals surface area contributed by atoms with Gasteiger partial charge in [-0.2, -0.15) is 0 Å². The molecule has 1 rings (SSSR count). The van der Waals surface area contributed by atoms with E-state index in [1.165, 1.54) is 24.0 Å². The monoisotopic (exact) mass is 234 g/mol. The molecule has 0 saturated carbocycles. The quantitative estimate of drug-likeness (QED) is 0.781. The van der Waals surface area contributed by atoms with E-state index in [1.807, 2.05) is 6.92 Å². The Morgan fingerprint density at radius 3 is 2.35 bits per heavy atom. The topological polar surface area (TPSA) is 37.3 Å². The van der Waals surface area contributed by atoms with Gasteiger partial charge in [0.05, 0.1) is 0 Å². The molecule has 0 radical (unpaired) electrons. The fourth-order valence-electron chi connectivity index (χ4n) is 2.00. The Hall–Kier alpha value is -1.31. The van der Waals surface area contributed by atoms with Crippen LogP contribution in [0.4, 0.5) is 0 Å². The molecule has 1 atom stereocenters. The SMILES string of the molecule is CCCCc1ccc(CC(C)CC(=O)O)cc1. The number of carbonyl (C=O) groups is 1. The molecule has 1 unspecified atom stereocenters. The molecule has 2 nitrogen and oxygen atoms in total. The van der Waals surface area contributed by atoms with Crippen molar-refractivity contribution in [2.24, 2.45) is 5.92 Å². The van der Waals surface area contributed by atoms with Crippen LogP contribution in [0.5, 0.6) is 0 Å². The Morgan fingerprint density at radius 2 is 1.82 bits per heavy atom. The fourth-order valence-corrected chi connectivity index (χ4v) is 2.00. The van der Waals surface area contributed by atoms with Crippen LogP contribution in [0.3, 0.4) is 0 Å². The van der Waals surface area contributed by atoms with Crippen LogP contribution in [0.15, 0.2) is 24.3 Å². The molecule has 0 aliphatic rings. The predicted octanol–water partition coefficient (Wildman–Crippen LogP) is 3.68. The van der Waals surface area contributed by atoms with Gasteiger partial charge in [-0.05, 0) is 36.3 Å². The van der Waals surface area contributed by atoms with E-state index in [9.17, 15) is 4.79 Å². The summed E-state index contributed by atoms with van der Waals surface area (Å²) in [6, 6.07) is 8.59. The maximum Gasteiger partial charge on any atom is 0.303 e. The minimum atomic E-state index is -0.711. The highest BCUT2D eigenvalue weighted by atomic mass is 16.4. The van der Waals surface area contributed by atoms with E-state index in [-0.39, 0.29) is 12.3 Å². The van der Waals surface area contributed by atoms with Crippen molar-refractivity contribution in [1.82, 2.24) is 0 Å². The van der Waals surface area contributed by atoms with Gasteiger partial charge in [-0.1, -0.05) is 44.5 Å². The molecule has 0 spiro atoms. The van der Waals surface area contributed by atoms with Gasteiger partial charge in [0.2, 0.25) is 0 Å². The highest BCUT2D eigenvalue weighted by Crippen LogP contribution is 2.14. The molecule has 94 valence electrons. The third-order valence-corrected chi connectivity index (χ3v) is 2.95. The first-order valence-corrected chi connectivity index (χ1v) is 6.41. The largest absolute Gasteiger partial charge is 0.481 e. The second-order valence-electron chi connectivity index (χ2n) is 4.83. The molecule has 0 bridgehead atoms. The van der Waals surface area contributed by atoms with Crippen molar-refractivity contribution in [2.75, 3.05) is 0 Å². The summed E-state index contributed by atoms with van der Waals surface area (Å²) in [7, 11) is 0. The standard InChI is InChI=1S/C15H22O2/c1-3-4-5-13-6-8-14(9-7-13)10-12(2)11-15(16)17/h6-9,12H,3-5,10-11H2,1-2H3,(H,16,17). The number of carboxylic acids is 1. The number of aliphatic carboxylic acids is 1. The van der Waals surface area contributed by atoms with Crippen LogP contribution in [0.2, 0.25) is 0 Å². The maximum atomic E-state index is 10.6. The molecular formula is C15H22O2. The maximum absolute atomic E-state index is 10.6. The van der Waals surface area contributed by atoms with Crippen LogP contribution >= 0.6 is 0 Å². The van der Waals surface area contributed by atoms with Crippen molar-refractivity contribution in [3.63, 3.8) is 0 Å². The van der Waals surface area contributed by atoms with Gasteiger partial charge >= 0.3 is 5.97 Å². The fraction of sp³-hybridized carbons (Fsp3) is 0.533. The van der Waals surface area contributed by atoms with Crippen molar-refractivity contribution in [1.29, 1.82) is 0 Å². The average Bonchev–Trinajstić information content (AvgIpc) is 2.27. The summed E-state index contributed by atoms with van der Waals surface area (Å²) in [6.45, 7) is 4.18. The molecule has 1 aromatic carbocycles. The molecule has 1 N–H and O–H groups in total. The average molecular weight is 234 g/mol. The summed E-state index contributed by atoms with van der Waals surface area (Å²) in [5.74, 6) is -0.508. The van der Waals surface area contributed by atoms with Gasteiger partial charge in [0, 0.05) is 6.42 Å². The second-order valence-corrected chi connectivity index (χ2v) is 4.83. The smallest absolute Gasteiger partial charge is 0.303 e. The predicted molar refractivity (Wildman–Crippen MR) is 70.2 cm³/mol. The zero-order chi connectivity index (χ0) is 12.7. The summed E-state index contributed by atoms with van der Waals surface area (Å²) in [5.41, 5.74) is 2.61. The normalized spacial score (nSPS) is 12.4. The number of unbranched alkanes of at least 4 members (excludes halogenated alkanes) is 1. The zero-order valence-corrected chi connectivity index (χ0v) is 10.8. The summed E-state index contributed by atoms with van der Waals surface area (Å²) >= 11 is 0. The Bertz CT molecular complexity index is 340. The lowest BCUT2D eigenvalue weighted by Crippen LogP contribution is -2.06. The van der Waals surface area contributed by atoms with Gasteiger partial charge < -0.3 is 5.11 Å². The number of aryl methyl sites for hydroxylation is 1. The van der Waals surface area contributed by atoms with E-state index < -0.39 is 5.97 Å². The molecule has 0 fully saturated rings. The summed E-state index contributed by atoms with van der Waals surface area (Å²) in [6.07, 6.45) is 4.69. The second kappa shape index (κ2) is 7.10. The number of rotatable bonds is 7. The Morgan fingerprint density at radius 1 is 1.24 bits per heavy atom. The highest BCUT2D eigenvalue weighted by Gasteiger charge is 2.08. The van der Waals surface area contributed by atoms with Gasteiger partial charge in [0.15, 0.2) is 0 Å². The molecule has 0 aromatic heterocycles. The number of carboxylic acid groups (broad SMARTS) is 1. The van der Waals surface area contributed by atoms with Crippen molar-refractivity contribution >= 4 is 5.97 Å². The Balaban J connectivity index is 2.47. The first-order valence-electron chi connectivity index (χ1n) is 6.41. The number of hydrogen-bond acceptors (Lipinski definition) is 1. The lowest BCUT2D eigenvalue weighted by Gasteiger charge is -2.09. The molecule has 17 heavy (non-hydrogen) atoms. The first kappa shape index (κ1) is 13.8. The molecule has 0 saturated heterocycles. The third-order valence-electron chi connectivity index (χ3n) is 2.95. The van der Waals surface area contributed by atoms with E-state index >= 15 is 0 Å². The van der Waals surface area contributed by atoms with Gasteiger partial charge in [0.25, 0.3) is 0 Å². The van der Waals surface area contributed by atoms with Crippen LogP contribution in [0.25, 0.3) is 0 Å². The Labute approximate surface area is 104 Å². The number of hydrogen-bond donors (Lipinski definition) is 1. The zero-order valence-electron chi connectivity index (χ0n) is 10.8. The summed E-state index contributed by atoms with van der Waals surface area (Å²) < 4.78 is 0.